The molecule has 0 radical (unpaired) electrons. The molecule has 0 N–H and O–H groups in total. The van der Waals surface area contributed by atoms with Gasteiger partial charge in [-0.05, 0) is 24.3 Å². The summed E-state index contributed by atoms with van der Waals surface area (Å²) in [5.74, 6) is 6.65. The Morgan fingerprint density at radius 1 is 1.06 bits per heavy atom. The summed E-state index contributed by atoms with van der Waals surface area (Å²) in [6, 6.07) is 11.1. The molecule has 0 aliphatic heterocycles. The minimum atomic E-state index is 0.602. The molecule has 0 atom stereocenters. The van der Waals surface area contributed by atoms with E-state index >= 15 is 0 Å². The van der Waals surface area contributed by atoms with Gasteiger partial charge in [-0.25, -0.2) is 0 Å². The zero-order valence-electron chi connectivity index (χ0n) is 9.84. The van der Waals surface area contributed by atoms with Crippen LogP contribution in [0.3, 0.4) is 0 Å². The van der Waals surface area contributed by atoms with Crippen molar-refractivity contribution in [2.75, 3.05) is 7.11 Å². The van der Waals surface area contributed by atoms with E-state index in [2.05, 4.69) is 22.9 Å². The molecule has 2 aromatic rings. The van der Waals surface area contributed by atoms with Gasteiger partial charge in [0.05, 0.1) is 24.9 Å². The van der Waals surface area contributed by atoms with Crippen molar-refractivity contribution in [2.45, 2.75) is 0 Å². The molecule has 3 nitrogen and oxygen atoms in total. The van der Waals surface area contributed by atoms with E-state index in [1.807, 2.05) is 18.2 Å². The molecule has 86 valence electrons. The summed E-state index contributed by atoms with van der Waals surface area (Å²) in [6.45, 7) is 0. The average molecular weight is 234 g/mol. The van der Waals surface area contributed by atoms with Crippen molar-refractivity contribution in [3.05, 3.63) is 59.4 Å². The molecule has 2 rings (SSSR count). The van der Waals surface area contributed by atoms with Crippen molar-refractivity contribution in [2.24, 2.45) is 0 Å². The Bertz CT molecular complexity index is 660. The van der Waals surface area contributed by atoms with Crippen LogP contribution in [0.15, 0.2) is 42.7 Å². The van der Waals surface area contributed by atoms with E-state index in [-0.39, 0.29) is 0 Å². The fourth-order valence-corrected chi connectivity index (χ4v) is 1.41. The third kappa shape index (κ3) is 2.87. The Labute approximate surface area is 106 Å². The minimum absolute atomic E-state index is 0.602. The van der Waals surface area contributed by atoms with E-state index in [0.717, 1.165) is 11.1 Å². The molecule has 0 bridgehead atoms. The number of rotatable bonds is 1. The van der Waals surface area contributed by atoms with Gasteiger partial charge < -0.3 is 4.74 Å². The fraction of sp³-hybridized carbons (Fsp3) is 0.0667. The number of ether oxygens (including phenoxy) is 1. The minimum Gasteiger partial charge on any atom is -0.495 e. The van der Waals surface area contributed by atoms with Gasteiger partial charge in [-0.1, -0.05) is 17.9 Å². The van der Waals surface area contributed by atoms with Gasteiger partial charge in [0.2, 0.25) is 0 Å². The normalized spacial score (nSPS) is 8.89. The molecule has 0 amide bonds. The lowest BCUT2D eigenvalue weighted by Gasteiger charge is -1.97. The number of hydrogen-bond acceptors (Lipinski definition) is 3. The fourth-order valence-electron chi connectivity index (χ4n) is 1.41. The van der Waals surface area contributed by atoms with Crippen molar-refractivity contribution in [1.82, 2.24) is 4.98 Å². The van der Waals surface area contributed by atoms with E-state index in [1.165, 1.54) is 0 Å². The highest BCUT2D eigenvalue weighted by Crippen LogP contribution is 2.09. The maximum absolute atomic E-state index is 8.79. The number of nitriles is 1. The number of benzene rings is 1. The first-order chi connectivity index (χ1) is 8.81. The maximum Gasteiger partial charge on any atom is 0.138 e. The van der Waals surface area contributed by atoms with E-state index in [4.69, 9.17) is 10.00 Å². The van der Waals surface area contributed by atoms with Crippen LogP contribution in [0.5, 0.6) is 5.75 Å². The Morgan fingerprint density at radius 2 is 1.83 bits per heavy atom. The highest BCUT2D eigenvalue weighted by molar-refractivity contribution is 5.46. The molecule has 0 fully saturated rings. The van der Waals surface area contributed by atoms with Gasteiger partial charge in [0.15, 0.2) is 0 Å². The highest BCUT2D eigenvalue weighted by atomic mass is 16.5. The zero-order valence-corrected chi connectivity index (χ0v) is 9.84. The van der Waals surface area contributed by atoms with Crippen LogP contribution in [0.1, 0.15) is 16.7 Å². The maximum atomic E-state index is 8.79. The molecule has 18 heavy (non-hydrogen) atoms. The monoisotopic (exact) mass is 234 g/mol. The van der Waals surface area contributed by atoms with Crippen LogP contribution in [0.2, 0.25) is 0 Å². The highest BCUT2D eigenvalue weighted by Gasteiger charge is 1.93. The van der Waals surface area contributed by atoms with Crippen LogP contribution in [0.25, 0.3) is 0 Å². The summed E-state index contributed by atoms with van der Waals surface area (Å²) in [5.41, 5.74) is 2.18. The molecule has 0 saturated heterocycles. The first-order valence-corrected chi connectivity index (χ1v) is 5.33. The molecule has 0 unspecified atom stereocenters. The topological polar surface area (TPSA) is 45.9 Å². The molecule has 0 spiro atoms. The van der Waals surface area contributed by atoms with Crippen molar-refractivity contribution in [3.8, 4) is 23.7 Å². The molecule has 1 heterocycles. The third-order valence-corrected chi connectivity index (χ3v) is 2.29. The Hall–Kier alpha value is -2.78. The molecule has 1 aromatic heterocycles. The van der Waals surface area contributed by atoms with E-state index < -0.39 is 0 Å². The number of nitrogens with zero attached hydrogens (tertiary/aromatic N) is 2. The SMILES string of the molecule is COc1cncc(C#Cc2cccc(C#N)c2)c1. The Morgan fingerprint density at radius 3 is 2.61 bits per heavy atom. The average Bonchev–Trinajstić information content (AvgIpc) is 2.45. The van der Waals surface area contributed by atoms with Gasteiger partial charge in [-0.15, -0.1) is 0 Å². The second-order valence-corrected chi connectivity index (χ2v) is 3.56. The quantitative estimate of drug-likeness (QED) is 0.711. The Balaban J connectivity index is 2.28. The molecular formula is C15H10N2O. The number of aromatic nitrogens is 1. The van der Waals surface area contributed by atoms with Crippen molar-refractivity contribution >= 4 is 0 Å². The lowest BCUT2D eigenvalue weighted by atomic mass is 10.1. The summed E-state index contributed by atoms with van der Waals surface area (Å²) in [7, 11) is 1.59. The second kappa shape index (κ2) is 5.52. The van der Waals surface area contributed by atoms with Gasteiger partial charge in [0.25, 0.3) is 0 Å². The summed E-state index contributed by atoms with van der Waals surface area (Å²) >= 11 is 0. The largest absolute Gasteiger partial charge is 0.495 e. The van der Waals surface area contributed by atoms with E-state index in [1.54, 1.807) is 31.6 Å². The molecular weight excluding hydrogens is 224 g/mol. The third-order valence-electron chi connectivity index (χ3n) is 2.29. The predicted molar refractivity (Wildman–Crippen MR) is 67.9 cm³/mol. The van der Waals surface area contributed by atoms with Crippen LogP contribution < -0.4 is 4.74 Å². The van der Waals surface area contributed by atoms with Gasteiger partial charge in [0.1, 0.15) is 5.75 Å². The molecule has 0 aliphatic carbocycles. The zero-order chi connectivity index (χ0) is 12.8. The van der Waals surface area contributed by atoms with Gasteiger partial charge in [0, 0.05) is 17.3 Å². The van der Waals surface area contributed by atoms with Crippen LogP contribution in [-0.2, 0) is 0 Å². The second-order valence-electron chi connectivity index (χ2n) is 3.56. The summed E-state index contributed by atoms with van der Waals surface area (Å²) in [5, 5.41) is 8.79. The van der Waals surface area contributed by atoms with Crippen LogP contribution >= 0.6 is 0 Å². The van der Waals surface area contributed by atoms with Crippen molar-refractivity contribution in [1.29, 1.82) is 5.26 Å². The molecule has 0 saturated carbocycles. The van der Waals surface area contributed by atoms with Crippen LogP contribution in [0, 0.1) is 23.2 Å². The van der Waals surface area contributed by atoms with Gasteiger partial charge in [-0.3, -0.25) is 4.98 Å². The number of pyridine rings is 1. The summed E-state index contributed by atoms with van der Waals surface area (Å²) < 4.78 is 5.07. The lowest BCUT2D eigenvalue weighted by Crippen LogP contribution is -1.85. The standard InChI is InChI=1S/C15H10N2O/c1-18-15-8-14(10-17-11-15)6-5-12-3-2-4-13(7-12)9-16/h2-4,7-8,10-11H,1H3. The van der Waals surface area contributed by atoms with E-state index in [9.17, 15) is 0 Å². The first-order valence-electron chi connectivity index (χ1n) is 5.33. The van der Waals surface area contributed by atoms with E-state index in [0.29, 0.717) is 11.3 Å². The molecule has 3 heteroatoms. The first kappa shape index (κ1) is 11.7. The smallest absolute Gasteiger partial charge is 0.138 e. The summed E-state index contributed by atoms with van der Waals surface area (Å²) in [4.78, 5) is 4.02. The molecule has 1 aromatic carbocycles. The van der Waals surface area contributed by atoms with Crippen LogP contribution in [-0.4, -0.2) is 12.1 Å². The van der Waals surface area contributed by atoms with Crippen molar-refractivity contribution < 1.29 is 4.74 Å². The number of methoxy groups -OCH3 is 1. The van der Waals surface area contributed by atoms with Crippen LogP contribution in [0.4, 0.5) is 0 Å². The van der Waals surface area contributed by atoms with Gasteiger partial charge in [-0.2, -0.15) is 5.26 Å². The lowest BCUT2D eigenvalue weighted by molar-refractivity contribution is 0.413. The number of hydrogen-bond donors (Lipinski definition) is 0. The predicted octanol–water partition coefficient (Wildman–Crippen LogP) is 2.36. The Kier molecular flexibility index (Phi) is 3.59. The van der Waals surface area contributed by atoms with Gasteiger partial charge >= 0.3 is 0 Å². The molecule has 0 aliphatic rings. The summed E-state index contributed by atoms with van der Waals surface area (Å²) in [6.07, 6.45) is 3.30. The van der Waals surface area contributed by atoms with Crippen molar-refractivity contribution in [3.63, 3.8) is 0 Å².